The molecule has 2 fully saturated rings. The Bertz CT molecular complexity index is 154. The second-order valence-corrected chi connectivity index (χ2v) is 6.04. The number of rotatable bonds is 1. The van der Waals surface area contributed by atoms with Crippen molar-refractivity contribution in [3.63, 3.8) is 0 Å². The molecule has 2 aliphatic carbocycles. The Morgan fingerprint density at radius 1 is 0.714 bits per heavy atom. The van der Waals surface area contributed by atoms with E-state index in [1.54, 1.807) is 0 Å². The van der Waals surface area contributed by atoms with Crippen LogP contribution in [-0.2, 0) is 0 Å². The maximum absolute atomic E-state index is 3.89. The van der Waals surface area contributed by atoms with E-state index in [1.807, 2.05) is 0 Å². The van der Waals surface area contributed by atoms with E-state index < -0.39 is 0 Å². The van der Waals surface area contributed by atoms with Crippen LogP contribution in [0.2, 0.25) is 0 Å². The van der Waals surface area contributed by atoms with E-state index in [0.717, 1.165) is 16.7 Å². The predicted molar refractivity (Wildman–Crippen MR) is 68.4 cm³/mol. The van der Waals surface area contributed by atoms with Gasteiger partial charge in [0.2, 0.25) is 0 Å². The van der Waals surface area contributed by atoms with Gasteiger partial charge in [-0.2, -0.15) is 0 Å². The van der Waals surface area contributed by atoms with E-state index in [0.29, 0.717) is 0 Å². The molecular formula is C12H22BrK. The van der Waals surface area contributed by atoms with Crippen molar-refractivity contribution in [2.24, 2.45) is 11.8 Å². The molecule has 0 amide bonds. The van der Waals surface area contributed by atoms with Crippen LogP contribution in [0.4, 0.5) is 0 Å². The van der Waals surface area contributed by atoms with Gasteiger partial charge in [0.1, 0.15) is 0 Å². The van der Waals surface area contributed by atoms with E-state index in [2.05, 4.69) is 15.9 Å². The van der Waals surface area contributed by atoms with Crippen LogP contribution in [-0.4, -0.2) is 56.2 Å². The molecule has 0 radical (unpaired) electrons. The molecular weight excluding hydrogens is 263 g/mol. The van der Waals surface area contributed by atoms with E-state index in [9.17, 15) is 0 Å². The zero-order chi connectivity index (χ0) is 9.10. The van der Waals surface area contributed by atoms with Gasteiger partial charge in [0.25, 0.3) is 0 Å². The van der Waals surface area contributed by atoms with Crippen LogP contribution in [0.25, 0.3) is 0 Å². The maximum atomic E-state index is 3.89. The third-order valence-electron chi connectivity index (χ3n) is 3.99. The molecule has 78 valence electrons. The first-order valence-corrected chi connectivity index (χ1v) is 6.93. The summed E-state index contributed by atoms with van der Waals surface area (Å²) in [5, 5.41) is 0. The summed E-state index contributed by atoms with van der Waals surface area (Å²) in [5.41, 5.74) is 0. The van der Waals surface area contributed by atoms with Crippen LogP contribution in [0, 0.1) is 11.8 Å². The second-order valence-electron chi connectivity index (χ2n) is 4.86. The van der Waals surface area contributed by atoms with Gasteiger partial charge in [-0.1, -0.05) is 60.9 Å². The van der Waals surface area contributed by atoms with Crippen LogP contribution in [0.5, 0.6) is 0 Å². The normalized spacial score (nSPS) is 34.9. The minimum atomic E-state index is 0. The monoisotopic (exact) mass is 284 g/mol. The van der Waals surface area contributed by atoms with E-state index >= 15 is 0 Å². The van der Waals surface area contributed by atoms with Crippen molar-refractivity contribution in [1.29, 1.82) is 0 Å². The Morgan fingerprint density at radius 3 is 1.93 bits per heavy atom. The molecule has 0 heterocycles. The minimum absolute atomic E-state index is 0. The van der Waals surface area contributed by atoms with Crippen molar-refractivity contribution < 1.29 is 0 Å². The fourth-order valence-electron chi connectivity index (χ4n) is 3.21. The average Bonchev–Trinajstić information content (AvgIpc) is 2.20. The topological polar surface area (TPSA) is 0 Å². The molecule has 14 heavy (non-hydrogen) atoms. The van der Waals surface area contributed by atoms with Gasteiger partial charge in [-0.3, -0.25) is 0 Å². The Kier molecular flexibility index (Phi) is 7.54. The zero-order valence-electron chi connectivity index (χ0n) is 8.47. The van der Waals surface area contributed by atoms with Crippen molar-refractivity contribution >= 4 is 67.3 Å². The van der Waals surface area contributed by atoms with Crippen LogP contribution in [0.1, 0.15) is 57.8 Å². The Labute approximate surface area is 140 Å². The molecule has 0 saturated heterocycles. The summed E-state index contributed by atoms with van der Waals surface area (Å²) in [5.74, 6) is 2.09. The van der Waals surface area contributed by atoms with E-state index in [4.69, 9.17) is 0 Å². The fraction of sp³-hybridized carbons (Fsp3) is 1.00. The van der Waals surface area contributed by atoms with Gasteiger partial charge < -0.3 is 0 Å². The molecule has 0 spiro atoms. The summed E-state index contributed by atoms with van der Waals surface area (Å²) >= 11 is 3.89. The molecule has 2 atom stereocenters. The molecule has 0 aromatic carbocycles. The van der Waals surface area contributed by atoms with Crippen LogP contribution < -0.4 is 0 Å². The van der Waals surface area contributed by atoms with Gasteiger partial charge in [0, 0.05) is 4.83 Å². The summed E-state index contributed by atoms with van der Waals surface area (Å²) in [6, 6.07) is 0. The van der Waals surface area contributed by atoms with Gasteiger partial charge in [0.15, 0.2) is 0 Å². The standard InChI is InChI=1S/C12H21Br.K.H/c13-12-9-5-4-8-11(12)10-6-2-1-3-7-10;;/h10-12H,1-9H2;;. The molecule has 2 unspecified atom stereocenters. The molecule has 0 N–H and O–H groups in total. The molecule has 2 aliphatic rings. The van der Waals surface area contributed by atoms with Gasteiger partial charge in [0.05, 0.1) is 0 Å². The van der Waals surface area contributed by atoms with Crippen molar-refractivity contribution in [2.75, 3.05) is 0 Å². The molecule has 2 rings (SSSR count). The molecule has 0 aliphatic heterocycles. The third kappa shape index (κ3) is 3.85. The fourth-order valence-corrected chi connectivity index (χ4v) is 4.23. The van der Waals surface area contributed by atoms with Crippen molar-refractivity contribution in [3.8, 4) is 0 Å². The number of alkyl halides is 1. The predicted octanol–water partition coefficient (Wildman–Crippen LogP) is 3.87. The van der Waals surface area contributed by atoms with Crippen molar-refractivity contribution in [1.82, 2.24) is 0 Å². The van der Waals surface area contributed by atoms with Gasteiger partial charge in [-0.05, 0) is 24.7 Å². The first-order chi connectivity index (χ1) is 6.38. The van der Waals surface area contributed by atoms with Crippen molar-refractivity contribution in [2.45, 2.75) is 62.6 Å². The second kappa shape index (κ2) is 7.44. The third-order valence-corrected chi connectivity index (χ3v) is 5.12. The van der Waals surface area contributed by atoms with Gasteiger partial charge >= 0.3 is 51.4 Å². The molecule has 0 nitrogen and oxygen atoms in total. The van der Waals surface area contributed by atoms with E-state index in [1.165, 1.54) is 57.8 Å². The van der Waals surface area contributed by atoms with Crippen LogP contribution in [0.15, 0.2) is 0 Å². The van der Waals surface area contributed by atoms with Gasteiger partial charge in [-0.15, -0.1) is 0 Å². The number of halogens is 1. The number of hydrogen-bond donors (Lipinski definition) is 0. The molecule has 0 aromatic heterocycles. The summed E-state index contributed by atoms with van der Waals surface area (Å²) in [6.45, 7) is 0. The van der Waals surface area contributed by atoms with Gasteiger partial charge in [-0.25, -0.2) is 0 Å². The van der Waals surface area contributed by atoms with E-state index in [-0.39, 0.29) is 51.4 Å². The van der Waals surface area contributed by atoms with Crippen molar-refractivity contribution in [3.05, 3.63) is 0 Å². The first-order valence-electron chi connectivity index (χ1n) is 6.02. The quantitative estimate of drug-likeness (QED) is 0.507. The average molecular weight is 285 g/mol. The zero-order valence-corrected chi connectivity index (χ0v) is 10.1. The summed E-state index contributed by atoms with van der Waals surface area (Å²) in [7, 11) is 0. The summed E-state index contributed by atoms with van der Waals surface area (Å²) in [4.78, 5) is 0.851. The molecule has 0 bridgehead atoms. The SMILES string of the molecule is BrC1CCCCC1C1CCCCC1.[KH]. The summed E-state index contributed by atoms with van der Waals surface area (Å²) < 4.78 is 0. The molecule has 2 saturated carbocycles. The first kappa shape index (κ1) is 14.2. The Balaban J connectivity index is 0.000000980. The molecule has 2 heteroatoms. The van der Waals surface area contributed by atoms with Crippen LogP contribution in [0.3, 0.4) is 0 Å². The van der Waals surface area contributed by atoms with Crippen LogP contribution >= 0.6 is 15.9 Å². The Morgan fingerprint density at radius 2 is 1.29 bits per heavy atom. The molecule has 0 aromatic rings. The Hall–Kier alpha value is 2.12. The summed E-state index contributed by atoms with van der Waals surface area (Å²) in [6.07, 6.45) is 13.4. The number of hydrogen-bond acceptors (Lipinski definition) is 0.